The summed E-state index contributed by atoms with van der Waals surface area (Å²) >= 11 is 3.03. The van der Waals surface area contributed by atoms with Gasteiger partial charge in [0.15, 0.2) is 5.16 Å². The van der Waals surface area contributed by atoms with Gasteiger partial charge in [0.05, 0.1) is 11.1 Å². The number of carbonyl (C=O) groups is 1. The van der Waals surface area contributed by atoms with Crippen LogP contribution in [0.2, 0.25) is 0 Å². The molecule has 0 saturated heterocycles. The first-order chi connectivity index (χ1) is 15.5. The number of hydrogen-bond donors (Lipinski definition) is 0. The third-order valence-electron chi connectivity index (χ3n) is 5.87. The van der Waals surface area contributed by atoms with Crippen molar-refractivity contribution in [1.82, 2.24) is 14.5 Å². The van der Waals surface area contributed by atoms with Gasteiger partial charge in [0.1, 0.15) is 4.83 Å². The Kier molecular flexibility index (Phi) is 7.33. The van der Waals surface area contributed by atoms with Crippen molar-refractivity contribution in [2.24, 2.45) is 0 Å². The lowest BCUT2D eigenvalue weighted by Gasteiger charge is -2.18. The lowest BCUT2D eigenvalue weighted by Crippen LogP contribution is -2.29. The Bertz CT molecular complexity index is 1150. The zero-order chi connectivity index (χ0) is 22.7. The van der Waals surface area contributed by atoms with Gasteiger partial charge in [-0.1, -0.05) is 30.0 Å². The van der Waals surface area contributed by atoms with Crippen LogP contribution in [0.15, 0.2) is 40.3 Å². The number of aromatic nitrogens is 2. The molecule has 4 rings (SSSR count). The second-order valence-corrected chi connectivity index (χ2v) is 10.5. The quantitative estimate of drug-likeness (QED) is 0.367. The molecule has 0 saturated carbocycles. The van der Waals surface area contributed by atoms with E-state index >= 15 is 0 Å². The molecule has 6 nitrogen and oxygen atoms in total. The van der Waals surface area contributed by atoms with Crippen LogP contribution in [0.25, 0.3) is 10.2 Å². The van der Waals surface area contributed by atoms with Crippen LogP contribution in [-0.4, -0.2) is 53.8 Å². The highest BCUT2D eigenvalue weighted by Crippen LogP contribution is 2.34. The first-order valence-electron chi connectivity index (χ1n) is 11.1. The van der Waals surface area contributed by atoms with E-state index in [1.165, 1.54) is 28.6 Å². The minimum atomic E-state index is -0.0131. The van der Waals surface area contributed by atoms with Crippen LogP contribution in [0.4, 0.5) is 5.69 Å². The minimum absolute atomic E-state index is 0.0131. The lowest BCUT2D eigenvalue weighted by molar-refractivity contribution is -0.115. The molecule has 8 heteroatoms. The van der Waals surface area contributed by atoms with Gasteiger partial charge in [0, 0.05) is 24.2 Å². The molecule has 0 fully saturated rings. The lowest BCUT2D eigenvalue weighted by atomic mass is 9.97. The van der Waals surface area contributed by atoms with Gasteiger partial charge in [0.2, 0.25) is 5.91 Å². The van der Waals surface area contributed by atoms with E-state index in [4.69, 9.17) is 4.98 Å². The first kappa shape index (κ1) is 23.0. The van der Waals surface area contributed by atoms with Crippen LogP contribution in [0.1, 0.15) is 29.7 Å². The molecule has 2 aromatic heterocycles. The zero-order valence-corrected chi connectivity index (χ0v) is 20.6. The highest BCUT2D eigenvalue weighted by atomic mass is 32.2. The number of fused-ring (bicyclic) bond motifs is 3. The second-order valence-electron chi connectivity index (χ2n) is 8.48. The number of aryl methyl sites for hydroxylation is 2. The number of amides is 1. The summed E-state index contributed by atoms with van der Waals surface area (Å²) in [5, 5.41) is 1.46. The Morgan fingerprint density at radius 1 is 1.16 bits per heavy atom. The molecule has 1 aliphatic carbocycles. The molecule has 0 N–H and O–H groups in total. The molecular weight excluding hydrogens is 440 g/mol. The molecule has 0 unspecified atom stereocenters. The second kappa shape index (κ2) is 10.2. The predicted molar refractivity (Wildman–Crippen MR) is 134 cm³/mol. The van der Waals surface area contributed by atoms with Gasteiger partial charge in [-0.15, -0.1) is 11.3 Å². The maximum absolute atomic E-state index is 13.6. The standard InChI is InChI=1S/C24H30N4O2S2/c1-26(2)14-9-15-28-23(30)21-18-12-7-8-13-19(18)32-22(21)25-24(28)31-16-20(29)27(3)17-10-5-4-6-11-17/h4-6,10-11H,7-9,12-16H2,1-3H3. The average molecular weight is 471 g/mol. The topological polar surface area (TPSA) is 58.4 Å². The third-order valence-corrected chi connectivity index (χ3v) is 8.02. The predicted octanol–water partition coefficient (Wildman–Crippen LogP) is 4.04. The fourth-order valence-corrected chi connectivity index (χ4v) is 6.33. The van der Waals surface area contributed by atoms with Gasteiger partial charge < -0.3 is 9.80 Å². The summed E-state index contributed by atoms with van der Waals surface area (Å²) in [6, 6.07) is 9.61. The molecule has 32 heavy (non-hydrogen) atoms. The van der Waals surface area contributed by atoms with Crippen LogP contribution < -0.4 is 10.5 Å². The summed E-state index contributed by atoms with van der Waals surface area (Å²) in [5.74, 6) is 0.225. The van der Waals surface area contributed by atoms with Crippen LogP contribution in [0.3, 0.4) is 0 Å². The smallest absolute Gasteiger partial charge is 0.263 e. The summed E-state index contributed by atoms with van der Waals surface area (Å²) in [6.07, 6.45) is 5.18. The SMILES string of the molecule is CN(C)CCCn1c(SCC(=O)N(C)c2ccccc2)nc2sc3c(c2c1=O)CCCC3. The van der Waals surface area contributed by atoms with Gasteiger partial charge in [-0.05, 0) is 70.4 Å². The van der Waals surface area contributed by atoms with Crippen LogP contribution >= 0.6 is 23.1 Å². The van der Waals surface area contributed by atoms with E-state index in [0.29, 0.717) is 11.7 Å². The van der Waals surface area contributed by atoms with Gasteiger partial charge in [-0.3, -0.25) is 14.2 Å². The van der Waals surface area contributed by atoms with Gasteiger partial charge >= 0.3 is 0 Å². The monoisotopic (exact) mass is 470 g/mol. The van der Waals surface area contributed by atoms with Crippen molar-refractivity contribution < 1.29 is 4.79 Å². The van der Waals surface area contributed by atoms with E-state index in [0.717, 1.165) is 48.1 Å². The van der Waals surface area contributed by atoms with Crippen LogP contribution in [-0.2, 0) is 24.2 Å². The van der Waals surface area contributed by atoms with Crippen LogP contribution in [0, 0.1) is 0 Å². The Labute approximate surface area is 197 Å². The van der Waals surface area contributed by atoms with Gasteiger partial charge in [-0.25, -0.2) is 4.98 Å². The summed E-state index contributed by atoms with van der Waals surface area (Å²) < 4.78 is 1.80. The summed E-state index contributed by atoms with van der Waals surface area (Å²) in [4.78, 5) is 37.2. The highest BCUT2D eigenvalue weighted by Gasteiger charge is 2.23. The number of nitrogens with zero attached hydrogens (tertiary/aromatic N) is 4. The molecule has 1 amide bonds. The number of thiophene rings is 1. The largest absolute Gasteiger partial charge is 0.315 e. The Hall–Kier alpha value is -2.16. The highest BCUT2D eigenvalue weighted by molar-refractivity contribution is 7.99. The van der Waals surface area contributed by atoms with Crippen molar-refractivity contribution in [3.05, 3.63) is 51.1 Å². The number of hydrogen-bond acceptors (Lipinski definition) is 6. The number of thioether (sulfide) groups is 1. The molecule has 1 aliphatic rings. The molecule has 3 aromatic rings. The van der Waals surface area contributed by atoms with Crippen molar-refractivity contribution in [2.45, 2.75) is 43.8 Å². The molecule has 0 bridgehead atoms. The zero-order valence-electron chi connectivity index (χ0n) is 19.0. The maximum atomic E-state index is 13.6. The van der Waals surface area contributed by atoms with E-state index in [1.807, 2.05) is 44.4 Å². The van der Waals surface area contributed by atoms with E-state index in [9.17, 15) is 9.59 Å². The number of benzene rings is 1. The summed E-state index contributed by atoms with van der Waals surface area (Å²) in [7, 11) is 5.85. The molecular formula is C24H30N4O2S2. The number of anilines is 1. The summed E-state index contributed by atoms with van der Waals surface area (Å²) in [5.41, 5.74) is 2.13. The molecule has 2 heterocycles. The third kappa shape index (κ3) is 4.92. The maximum Gasteiger partial charge on any atom is 0.263 e. The summed E-state index contributed by atoms with van der Waals surface area (Å²) in [6.45, 7) is 1.50. The van der Waals surface area contributed by atoms with Crippen molar-refractivity contribution in [1.29, 1.82) is 0 Å². The Morgan fingerprint density at radius 3 is 2.66 bits per heavy atom. The van der Waals surface area contributed by atoms with Gasteiger partial charge in [-0.2, -0.15) is 0 Å². The molecule has 170 valence electrons. The fraction of sp³-hybridized carbons (Fsp3) is 0.458. The van der Waals surface area contributed by atoms with E-state index in [-0.39, 0.29) is 17.2 Å². The van der Waals surface area contributed by atoms with Crippen LogP contribution in [0.5, 0.6) is 0 Å². The molecule has 0 spiro atoms. The van der Waals surface area contributed by atoms with Crippen molar-refractivity contribution in [3.63, 3.8) is 0 Å². The van der Waals surface area contributed by atoms with Crippen molar-refractivity contribution >= 4 is 44.9 Å². The number of rotatable bonds is 8. The van der Waals surface area contributed by atoms with Gasteiger partial charge in [0.25, 0.3) is 5.56 Å². The average Bonchev–Trinajstić information content (AvgIpc) is 3.17. The molecule has 0 aliphatic heterocycles. The fourth-order valence-electron chi connectivity index (χ4n) is 4.09. The van der Waals surface area contributed by atoms with E-state index < -0.39 is 0 Å². The normalized spacial score (nSPS) is 13.5. The van der Waals surface area contributed by atoms with Crippen molar-refractivity contribution in [2.75, 3.05) is 38.3 Å². The Balaban J connectivity index is 1.62. The first-order valence-corrected chi connectivity index (χ1v) is 12.9. The van der Waals surface area contributed by atoms with E-state index in [2.05, 4.69) is 4.90 Å². The minimum Gasteiger partial charge on any atom is -0.315 e. The van der Waals surface area contributed by atoms with Crippen molar-refractivity contribution in [3.8, 4) is 0 Å². The molecule has 0 radical (unpaired) electrons. The van der Waals surface area contributed by atoms with E-state index in [1.54, 1.807) is 27.9 Å². The molecule has 1 aromatic carbocycles. The number of para-hydroxylation sites is 1. The number of carbonyl (C=O) groups excluding carboxylic acids is 1. The Morgan fingerprint density at radius 2 is 1.91 bits per heavy atom. The molecule has 0 atom stereocenters.